The Kier molecular flexibility index (Phi) is 4.39. The second-order valence-corrected chi connectivity index (χ2v) is 4.73. The van der Waals surface area contributed by atoms with Gasteiger partial charge in [-0.15, -0.1) is 0 Å². The van der Waals surface area contributed by atoms with Gasteiger partial charge in [-0.2, -0.15) is 0 Å². The number of nitrogens with two attached hydrogens (primary N) is 1. The first kappa shape index (κ1) is 13.1. The molecule has 96 valence electrons. The molecule has 1 atom stereocenters. The number of benzene rings is 1. The first-order valence-electron chi connectivity index (χ1n) is 5.87. The fraction of sp³-hybridized carbons (Fsp3) is 0.286. The molecule has 1 aromatic heterocycles. The van der Waals surface area contributed by atoms with Crippen LogP contribution >= 0.6 is 11.6 Å². The fourth-order valence-electron chi connectivity index (χ4n) is 1.85. The molecule has 2 nitrogen and oxygen atoms in total. The number of rotatable bonds is 5. The molecule has 4 heteroatoms. The van der Waals surface area contributed by atoms with Crippen LogP contribution in [0, 0.1) is 5.82 Å². The average molecular weight is 268 g/mol. The molecule has 0 spiro atoms. The lowest BCUT2D eigenvalue weighted by molar-refractivity contribution is 0.484. The zero-order valence-electron chi connectivity index (χ0n) is 9.90. The molecule has 0 aliphatic carbocycles. The van der Waals surface area contributed by atoms with Gasteiger partial charge < -0.3 is 10.2 Å². The van der Waals surface area contributed by atoms with E-state index in [2.05, 4.69) is 0 Å². The molecule has 0 aliphatic heterocycles. The Bertz CT molecular complexity index is 499. The van der Waals surface area contributed by atoms with E-state index in [1.807, 2.05) is 12.1 Å². The van der Waals surface area contributed by atoms with Crippen LogP contribution in [0.3, 0.4) is 0 Å². The highest BCUT2D eigenvalue weighted by Crippen LogP contribution is 2.19. The molecule has 0 saturated heterocycles. The third kappa shape index (κ3) is 3.59. The molecular weight excluding hydrogens is 253 g/mol. The number of hydrogen-bond acceptors (Lipinski definition) is 2. The molecule has 0 fully saturated rings. The van der Waals surface area contributed by atoms with Crippen molar-refractivity contribution in [3.63, 3.8) is 0 Å². The van der Waals surface area contributed by atoms with E-state index in [0.29, 0.717) is 11.4 Å². The summed E-state index contributed by atoms with van der Waals surface area (Å²) < 4.78 is 18.1. The van der Waals surface area contributed by atoms with Crippen LogP contribution in [-0.2, 0) is 12.8 Å². The third-order valence-electron chi connectivity index (χ3n) is 2.84. The van der Waals surface area contributed by atoms with E-state index in [-0.39, 0.29) is 11.9 Å². The van der Waals surface area contributed by atoms with Gasteiger partial charge in [-0.05, 0) is 42.7 Å². The van der Waals surface area contributed by atoms with Gasteiger partial charge in [0.1, 0.15) is 11.6 Å². The maximum Gasteiger partial charge on any atom is 0.124 e. The largest absolute Gasteiger partial charge is 0.469 e. The predicted octanol–water partition coefficient (Wildman–Crippen LogP) is 3.57. The van der Waals surface area contributed by atoms with E-state index in [1.165, 1.54) is 12.1 Å². The normalized spacial score (nSPS) is 12.6. The maximum absolute atomic E-state index is 12.9. The SMILES string of the molecule is NC(CCc1ccco1)Cc1ccc(F)cc1Cl. The van der Waals surface area contributed by atoms with Crippen molar-refractivity contribution in [1.82, 2.24) is 0 Å². The molecule has 1 unspecified atom stereocenters. The van der Waals surface area contributed by atoms with Gasteiger partial charge in [0.2, 0.25) is 0 Å². The van der Waals surface area contributed by atoms with Crippen LogP contribution in [0.5, 0.6) is 0 Å². The van der Waals surface area contributed by atoms with Gasteiger partial charge in [0.05, 0.1) is 6.26 Å². The van der Waals surface area contributed by atoms with E-state index in [9.17, 15) is 4.39 Å². The van der Waals surface area contributed by atoms with Crippen LogP contribution in [-0.4, -0.2) is 6.04 Å². The minimum atomic E-state index is -0.326. The molecule has 0 bridgehead atoms. The molecule has 2 rings (SSSR count). The summed E-state index contributed by atoms with van der Waals surface area (Å²) >= 11 is 5.96. The van der Waals surface area contributed by atoms with Crippen LogP contribution < -0.4 is 5.73 Å². The van der Waals surface area contributed by atoms with Crippen molar-refractivity contribution in [2.45, 2.75) is 25.3 Å². The van der Waals surface area contributed by atoms with E-state index in [0.717, 1.165) is 24.2 Å². The van der Waals surface area contributed by atoms with Crippen LogP contribution in [0.4, 0.5) is 4.39 Å². The van der Waals surface area contributed by atoms with Gasteiger partial charge in [-0.25, -0.2) is 4.39 Å². The summed E-state index contributed by atoms with van der Waals surface area (Å²) in [5, 5.41) is 0.434. The summed E-state index contributed by atoms with van der Waals surface area (Å²) in [6.45, 7) is 0. The van der Waals surface area contributed by atoms with Gasteiger partial charge in [0.25, 0.3) is 0 Å². The molecule has 0 amide bonds. The van der Waals surface area contributed by atoms with Gasteiger partial charge in [-0.1, -0.05) is 17.7 Å². The van der Waals surface area contributed by atoms with Crippen molar-refractivity contribution in [2.75, 3.05) is 0 Å². The summed E-state index contributed by atoms with van der Waals surface area (Å²) in [4.78, 5) is 0. The Morgan fingerprint density at radius 1 is 1.33 bits per heavy atom. The zero-order chi connectivity index (χ0) is 13.0. The predicted molar refractivity (Wildman–Crippen MR) is 70.1 cm³/mol. The Morgan fingerprint density at radius 3 is 2.83 bits per heavy atom. The molecule has 1 heterocycles. The van der Waals surface area contributed by atoms with Crippen molar-refractivity contribution in [2.24, 2.45) is 5.73 Å². The Morgan fingerprint density at radius 2 is 2.17 bits per heavy atom. The summed E-state index contributed by atoms with van der Waals surface area (Å²) in [6, 6.07) is 8.18. The lowest BCUT2D eigenvalue weighted by Gasteiger charge is -2.12. The molecule has 18 heavy (non-hydrogen) atoms. The lowest BCUT2D eigenvalue weighted by atomic mass is 10.0. The van der Waals surface area contributed by atoms with Crippen LogP contribution in [0.1, 0.15) is 17.7 Å². The fourth-order valence-corrected chi connectivity index (χ4v) is 2.10. The van der Waals surface area contributed by atoms with Crippen LogP contribution in [0.25, 0.3) is 0 Å². The second kappa shape index (κ2) is 6.03. The first-order valence-corrected chi connectivity index (χ1v) is 6.25. The highest BCUT2D eigenvalue weighted by molar-refractivity contribution is 6.31. The Labute approximate surface area is 111 Å². The van der Waals surface area contributed by atoms with E-state index < -0.39 is 0 Å². The maximum atomic E-state index is 12.9. The molecule has 2 aromatic rings. The standard InChI is InChI=1S/C14H15ClFNO/c15-14-9-11(16)4-3-10(14)8-12(17)5-6-13-2-1-7-18-13/h1-4,7,9,12H,5-6,8,17H2. The number of hydrogen-bond donors (Lipinski definition) is 1. The number of furan rings is 1. The molecule has 1 aromatic carbocycles. The summed E-state index contributed by atoms with van der Waals surface area (Å²) in [5.41, 5.74) is 6.91. The summed E-state index contributed by atoms with van der Waals surface area (Å²) in [5.74, 6) is 0.601. The van der Waals surface area contributed by atoms with Crippen LogP contribution in [0.2, 0.25) is 5.02 Å². The third-order valence-corrected chi connectivity index (χ3v) is 3.19. The van der Waals surface area contributed by atoms with Crippen molar-refractivity contribution in [3.05, 3.63) is 58.8 Å². The first-order chi connectivity index (χ1) is 8.65. The lowest BCUT2D eigenvalue weighted by Crippen LogP contribution is -2.23. The zero-order valence-corrected chi connectivity index (χ0v) is 10.7. The number of halogens is 2. The van der Waals surface area contributed by atoms with Crippen LogP contribution in [0.15, 0.2) is 41.0 Å². The van der Waals surface area contributed by atoms with Gasteiger partial charge in [0, 0.05) is 17.5 Å². The van der Waals surface area contributed by atoms with Crippen molar-refractivity contribution < 1.29 is 8.81 Å². The average Bonchev–Trinajstić information content (AvgIpc) is 2.83. The molecule has 0 aliphatic rings. The molecular formula is C14H15ClFNO. The smallest absolute Gasteiger partial charge is 0.124 e. The van der Waals surface area contributed by atoms with E-state index >= 15 is 0 Å². The summed E-state index contributed by atoms with van der Waals surface area (Å²) in [7, 11) is 0. The van der Waals surface area contributed by atoms with Gasteiger partial charge in [0.15, 0.2) is 0 Å². The second-order valence-electron chi connectivity index (χ2n) is 4.32. The summed E-state index contributed by atoms with van der Waals surface area (Å²) in [6.07, 6.45) is 3.89. The topological polar surface area (TPSA) is 39.2 Å². The van der Waals surface area contributed by atoms with Gasteiger partial charge >= 0.3 is 0 Å². The van der Waals surface area contributed by atoms with E-state index in [4.69, 9.17) is 21.8 Å². The highest BCUT2D eigenvalue weighted by Gasteiger charge is 2.09. The minimum absolute atomic E-state index is 0.0157. The Balaban J connectivity index is 1.88. The van der Waals surface area contributed by atoms with Gasteiger partial charge in [-0.3, -0.25) is 0 Å². The highest BCUT2D eigenvalue weighted by atomic mass is 35.5. The molecule has 0 saturated carbocycles. The van der Waals surface area contributed by atoms with Crippen molar-refractivity contribution in [1.29, 1.82) is 0 Å². The quantitative estimate of drug-likeness (QED) is 0.899. The Hall–Kier alpha value is -1.32. The molecule has 0 radical (unpaired) electrons. The van der Waals surface area contributed by atoms with E-state index in [1.54, 1.807) is 12.3 Å². The van der Waals surface area contributed by atoms with Crippen molar-refractivity contribution >= 4 is 11.6 Å². The minimum Gasteiger partial charge on any atom is -0.469 e. The van der Waals surface area contributed by atoms with Crippen molar-refractivity contribution in [3.8, 4) is 0 Å². The number of aryl methyl sites for hydroxylation is 1. The monoisotopic (exact) mass is 267 g/mol. The molecule has 2 N–H and O–H groups in total.